The van der Waals surface area contributed by atoms with Gasteiger partial charge in [0.05, 0.1) is 21.3 Å². The minimum atomic E-state index is -0.825. The van der Waals surface area contributed by atoms with Crippen molar-refractivity contribution in [3.8, 4) is 17.2 Å². The number of methoxy groups -OCH3 is 3. The Morgan fingerprint density at radius 3 is 2.23 bits per heavy atom. The van der Waals surface area contributed by atoms with Crippen molar-refractivity contribution >= 4 is 18.0 Å². The highest BCUT2D eigenvalue weighted by molar-refractivity contribution is 5.98. The Balaban J connectivity index is 1.71. The highest BCUT2D eigenvalue weighted by Crippen LogP contribution is 2.29. The zero-order valence-electron chi connectivity index (χ0n) is 20.1. The lowest BCUT2D eigenvalue weighted by molar-refractivity contribution is -0.596. The first-order valence-electron chi connectivity index (χ1n) is 11.1. The lowest BCUT2D eigenvalue weighted by atomic mass is 9.99. The molecule has 0 aromatic heterocycles. The zero-order valence-corrected chi connectivity index (χ0v) is 20.1. The second-order valence-electron chi connectivity index (χ2n) is 8.16. The minimum absolute atomic E-state index is 0.317. The summed E-state index contributed by atoms with van der Waals surface area (Å²) in [7, 11) is 4.73. The third-order valence-corrected chi connectivity index (χ3v) is 5.89. The number of hydrogen-bond acceptors (Lipinski definition) is 5. The SMILES string of the molecule is COc1ccc([C@H]2[C@@H](NC(=O)c3ccc(C)cc3)C(=O)N/[N+]2=C\c2ccc(OC)c(OC)c2)cc1. The first-order valence-corrected chi connectivity index (χ1v) is 11.1. The van der Waals surface area contributed by atoms with E-state index in [0.29, 0.717) is 22.8 Å². The van der Waals surface area contributed by atoms with Crippen molar-refractivity contribution in [2.75, 3.05) is 21.3 Å². The molecule has 1 fully saturated rings. The molecule has 3 aromatic carbocycles. The van der Waals surface area contributed by atoms with Crippen LogP contribution in [-0.4, -0.2) is 50.1 Å². The highest BCUT2D eigenvalue weighted by Gasteiger charge is 2.47. The van der Waals surface area contributed by atoms with Crippen LogP contribution in [0.1, 0.15) is 33.1 Å². The van der Waals surface area contributed by atoms with Crippen LogP contribution in [0.2, 0.25) is 0 Å². The molecule has 2 N–H and O–H groups in total. The molecule has 0 spiro atoms. The predicted molar refractivity (Wildman–Crippen MR) is 131 cm³/mol. The van der Waals surface area contributed by atoms with E-state index in [1.807, 2.05) is 55.5 Å². The van der Waals surface area contributed by atoms with Gasteiger partial charge in [-0.1, -0.05) is 17.7 Å². The van der Waals surface area contributed by atoms with Crippen LogP contribution in [0, 0.1) is 6.92 Å². The molecule has 4 rings (SSSR count). The Kier molecular flexibility index (Phi) is 7.01. The average Bonchev–Trinajstić information content (AvgIpc) is 3.18. The fourth-order valence-electron chi connectivity index (χ4n) is 4.00. The molecular weight excluding hydrogens is 446 g/mol. The number of carbonyl (C=O) groups is 2. The maximum Gasteiger partial charge on any atom is 0.304 e. The van der Waals surface area contributed by atoms with Crippen LogP contribution in [0.15, 0.2) is 66.7 Å². The van der Waals surface area contributed by atoms with Crippen molar-refractivity contribution in [1.82, 2.24) is 10.7 Å². The summed E-state index contributed by atoms with van der Waals surface area (Å²) >= 11 is 0. The van der Waals surface area contributed by atoms with Crippen LogP contribution in [0.3, 0.4) is 0 Å². The quantitative estimate of drug-likeness (QED) is 0.514. The number of rotatable bonds is 7. The van der Waals surface area contributed by atoms with Gasteiger partial charge in [-0.2, -0.15) is 0 Å². The standard InChI is InChI=1S/C27H27N3O5/c1-17-5-8-20(9-6-17)26(31)28-24-25(19-10-12-21(33-2)13-11-19)30(29-27(24)32)16-18-7-14-22(34-3)23(15-18)35-4/h5-16,24-25H,1-4H3,(H-,28,29,31,32)/p+1/b30-16-/t24-,25+/m1/s1. The van der Waals surface area contributed by atoms with E-state index in [9.17, 15) is 9.59 Å². The van der Waals surface area contributed by atoms with E-state index in [2.05, 4.69) is 10.7 Å². The fraction of sp³-hybridized carbons (Fsp3) is 0.222. The van der Waals surface area contributed by atoms with Crippen LogP contribution in [0.5, 0.6) is 17.2 Å². The summed E-state index contributed by atoms with van der Waals surface area (Å²) in [6, 6.07) is 18.8. The molecule has 1 heterocycles. The van der Waals surface area contributed by atoms with Crippen LogP contribution in [0.25, 0.3) is 0 Å². The fourth-order valence-corrected chi connectivity index (χ4v) is 4.00. The number of hydrazine groups is 1. The largest absolute Gasteiger partial charge is 0.497 e. The monoisotopic (exact) mass is 474 g/mol. The van der Waals surface area contributed by atoms with Crippen LogP contribution >= 0.6 is 0 Å². The van der Waals surface area contributed by atoms with Crippen molar-refractivity contribution in [1.29, 1.82) is 0 Å². The van der Waals surface area contributed by atoms with Gasteiger partial charge in [-0.25, -0.2) is 0 Å². The number of hydrogen-bond donors (Lipinski definition) is 2. The van der Waals surface area contributed by atoms with Crippen molar-refractivity contribution in [3.05, 3.63) is 89.0 Å². The normalized spacial score (nSPS) is 18.2. The summed E-state index contributed by atoms with van der Waals surface area (Å²) in [5.74, 6) is 1.23. The molecule has 2 atom stereocenters. The molecule has 1 aliphatic heterocycles. The summed E-state index contributed by atoms with van der Waals surface area (Å²) in [4.78, 5) is 26.1. The van der Waals surface area contributed by atoms with Gasteiger partial charge in [-0.3, -0.25) is 9.59 Å². The Hall–Kier alpha value is -4.33. The summed E-state index contributed by atoms with van der Waals surface area (Å²) in [6.45, 7) is 1.95. The van der Waals surface area contributed by atoms with E-state index >= 15 is 0 Å². The molecule has 3 aromatic rings. The molecule has 180 valence electrons. The van der Waals surface area contributed by atoms with Gasteiger partial charge in [0, 0.05) is 16.7 Å². The lowest BCUT2D eigenvalue weighted by Crippen LogP contribution is -2.42. The van der Waals surface area contributed by atoms with E-state index in [-0.39, 0.29) is 11.8 Å². The Labute approximate surface area is 204 Å². The molecule has 8 nitrogen and oxygen atoms in total. The third kappa shape index (κ3) is 5.11. The van der Waals surface area contributed by atoms with E-state index in [0.717, 1.165) is 16.7 Å². The lowest BCUT2D eigenvalue weighted by Gasteiger charge is -2.15. The van der Waals surface area contributed by atoms with Crippen LogP contribution in [-0.2, 0) is 4.79 Å². The van der Waals surface area contributed by atoms with Gasteiger partial charge in [0.25, 0.3) is 5.91 Å². The number of amides is 2. The Morgan fingerprint density at radius 1 is 0.914 bits per heavy atom. The van der Waals surface area contributed by atoms with Gasteiger partial charge in [0.15, 0.2) is 17.5 Å². The molecule has 8 heteroatoms. The van der Waals surface area contributed by atoms with E-state index in [1.165, 1.54) is 0 Å². The van der Waals surface area contributed by atoms with E-state index < -0.39 is 12.1 Å². The van der Waals surface area contributed by atoms with Crippen LogP contribution < -0.4 is 25.0 Å². The molecule has 0 radical (unpaired) electrons. The number of benzene rings is 3. The Morgan fingerprint density at radius 2 is 1.60 bits per heavy atom. The van der Waals surface area contributed by atoms with Crippen molar-refractivity contribution in [3.63, 3.8) is 0 Å². The molecule has 1 saturated heterocycles. The molecular formula is C27H28N3O5+. The molecule has 0 bridgehead atoms. The summed E-state index contributed by atoms with van der Waals surface area (Å²) in [5, 5.41) is 2.91. The van der Waals surface area contributed by atoms with Gasteiger partial charge in [-0.15, -0.1) is 10.1 Å². The predicted octanol–water partition coefficient (Wildman–Crippen LogP) is 3.04. The number of ether oxygens (including phenoxy) is 3. The maximum absolute atomic E-state index is 13.1. The minimum Gasteiger partial charge on any atom is -0.497 e. The summed E-state index contributed by atoms with van der Waals surface area (Å²) < 4.78 is 17.7. The molecule has 1 aliphatic rings. The first-order chi connectivity index (χ1) is 16.9. The number of nitrogens with one attached hydrogen (secondary N) is 2. The number of hydrazone groups is 1. The molecule has 0 unspecified atom stereocenters. The number of nitrogens with zero attached hydrogens (tertiary/aromatic N) is 1. The number of aryl methyl sites for hydroxylation is 1. The molecule has 0 aliphatic carbocycles. The van der Waals surface area contributed by atoms with Crippen molar-refractivity contribution < 1.29 is 28.5 Å². The zero-order chi connectivity index (χ0) is 24.9. The smallest absolute Gasteiger partial charge is 0.304 e. The first kappa shape index (κ1) is 23.8. The second kappa shape index (κ2) is 10.3. The van der Waals surface area contributed by atoms with Crippen molar-refractivity contribution in [2.45, 2.75) is 19.0 Å². The third-order valence-electron chi connectivity index (χ3n) is 5.89. The summed E-state index contributed by atoms with van der Waals surface area (Å²) in [5.41, 5.74) is 6.03. The van der Waals surface area contributed by atoms with Gasteiger partial charge in [0.2, 0.25) is 12.3 Å². The molecule has 2 amide bonds. The Bertz CT molecular complexity index is 1250. The maximum atomic E-state index is 13.1. The van der Waals surface area contributed by atoms with E-state index in [1.54, 1.807) is 50.4 Å². The second-order valence-corrected chi connectivity index (χ2v) is 8.16. The highest BCUT2D eigenvalue weighted by atomic mass is 16.5. The average molecular weight is 475 g/mol. The van der Waals surface area contributed by atoms with E-state index in [4.69, 9.17) is 14.2 Å². The summed E-state index contributed by atoms with van der Waals surface area (Å²) in [6.07, 6.45) is 1.80. The van der Waals surface area contributed by atoms with Gasteiger partial charge in [-0.05, 0) is 61.5 Å². The molecule has 35 heavy (non-hydrogen) atoms. The van der Waals surface area contributed by atoms with Gasteiger partial charge in [0.1, 0.15) is 5.75 Å². The van der Waals surface area contributed by atoms with Gasteiger partial charge < -0.3 is 19.5 Å². The number of carbonyl (C=O) groups excluding carboxylic acids is 2. The molecule has 0 saturated carbocycles. The topological polar surface area (TPSA) is 88.9 Å². The van der Waals surface area contributed by atoms with Crippen LogP contribution in [0.4, 0.5) is 0 Å². The van der Waals surface area contributed by atoms with Crippen molar-refractivity contribution in [2.24, 2.45) is 0 Å². The van der Waals surface area contributed by atoms with Gasteiger partial charge >= 0.3 is 5.91 Å².